The van der Waals surface area contributed by atoms with E-state index in [1.165, 1.54) is 17.7 Å². The summed E-state index contributed by atoms with van der Waals surface area (Å²) in [4.78, 5) is 5.65. The van der Waals surface area contributed by atoms with E-state index in [0.717, 1.165) is 23.1 Å². The fourth-order valence-corrected chi connectivity index (χ4v) is 4.09. The number of nitrogens with zero attached hydrogens (tertiary/aromatic N) is 2. The van der Waals surface area contributed by atoms with Crippen molar-refractivity contribution in [3.05, 3.63) is 40.5 Å². The van der Waals surface area contributed by atoms with E-state index in [9.17, 15) is 0 Å². The van der Waals surface area contributed by atoms with Gasteiger partial charge in [-0.25, -0.2) is 0 Å². The lowest BCUT2D eigenvalue weighted by Crippen LogP contribution is -2.38. The van der Waals surface area contributed by atoms with E-state index in [2.05, 4.69) is 32.1 Å². The fraction of sp³-hybridized carbons (Fsp3) is 0.467. The first kappa shape index (κ1) is 15.1. The average Bonchev–Trinajstić information content (AvgIpc) is 3.08. The first-order valence-corrected chi connectivity index (χ1v) is 8.90. The first-order valence-electron chi connectivity index (χ1n) is 7.12. The third-order valence-electron chi connectivity index (χ3n) is 3.81. The van der Waals surface area contributed by atoms with Crippen LogP contribution in [-0.2, 0) is 12.2 Å². The lowest BCUT2D eigenvalue weighted by Gasteiger charge is -2.20. The van der Waals surface area contributed by atoms with Crippen LogP contribution >= 0.6 is 27.7 Å². The fourth-order valence-electron chi connectivity index (χ4n) is 2.68. The third-order valence-corrected chi connectivity index (χ3v) is 5.83. The molecule has 1 aliphatic carbocycles. The monoisotopic (exact) mass is 367 g/mol. The van der Waals surface area contributed by atoms with Gasteiger partial charge >= 0.3 is 0 Å². The van der Waals surface area contributed by atoms with Crippen molar-refractivity contribution in [2.75, 3.05) is 0 Å². The molecule has 6 heteroatoms. The van der Waals surface area contributed by atoms with Crippen molar-refractivity contribution in [1.82, 2.24) is 10.1 Å². The summed E-state index contributed by atoms with van der Waals surface area (Å²) in [5, 5.41) is 4.06. The second kappa shape index (κ2) is 6.50. The van der Waals surface area contributed by atoms with E-state index < -0.39 is 0 Å². The van der Waals surface area contributed by atoms with Crippen molar-refractivity contribution in [3.63, 3.8) is 0 Å². The Hall–Kier alpha value is -0.850. The molecule has 2 aromatic rings. The maximum absolute atomic E-state index is 6.35. The SMILES string of the molecule is NC1(Cc2nc(CSc3ccccc3Br)no2)CCCC1. The maximum Gasteiger partial charge on any atom is 0.228 e. The van der Waals surface area contributed by atoms with Crippen LogP contribution in [0.1, 0.15) is 37.4 Å². The first-order chi connectivity index (χ1) is 10.1. The smallest absolute Gasteiger partial charge is 0.228 e. The lowest BCUT2D eigenvalue weighted by atomic mass is 9.95. The molecule has 4 nitrogen and oxygen atoms in total. The van der Waals surface area contributed by atoms with Crippen LogP contribution in [0.2, 0.25) is 0 Å². The molecule has 0 spiro atoms. The Labute approximate surface area is 137 Å². The maximum atomic E-state index is 6.35. The summed E-state index contributed by atoms with van der Waals surface area (Å²) in [5.74, 6) is 2.10. The predicted octanol–water partition coefficient (Wildman–Crippen LogP) is 3.94. The van der Waals surface area contributed by atoms with Gasteiger partial charge in [0.25, 0.3) is 0 Å². The number of nitrogens with two attached hydrogens (primary N) is 1. The van der Waals surface area contributed by atoms with Crippen LogP contribution in [0, 0.1) is 0 Å². The highest BCUT2D eigenvalue weighted by Crippen LogP contribution is 2.31. The number of rotatable bonds is 5. The Balaban J connectivity index is 1.59. The van der Waals surface area contributed by atoms with Gasteiger partial charge in [-0.2, -0.15) is 4.98 Å². The van der Waals surface area contributed by atoms with E-state index in [4.69, 9.17) is 10.3 Å². The number of benzene rings is 1. The zero-order chi connectivity index (χ0) is 14.7. The molecule has 112 valence electrons. The molecule has 1 aromatic carbocycles. The molecule has 0 amide bonds. The molecule has 1 aromatic heterocycles. The van der Waals surface area contributed by atoms with Gasteiger partial charge in [0.15, 0.2) is 5.82 Å². The van der Waals surface area contributed by atoms with Crippen LogP contribution in [0.15, 0.2) is 38.2 Å². The molecule has 0 unspecified atom stereocenters. The van der Waals surface area contributed by atoms with Crippen LogP contribution in [0.3, 0.4) is 0 Å². The van der Waals surface area contributed by atoms with Crippen molar-refractivity contribution in [3.8, 4) is 0 Å². The number of thioether (sulfide) groups is 1. The minimum absolute atomic E-state index is 0.139. The third kappa shape index (κ3) is 3.87. The zero-order valence-electron chi connectivity index (χ0n) is 11.7. The van der Waals surface area contributed by atoms with Crippen LogP contribution in [0.4, 0.5) is 0 Å². The highest BCUT2D eigenvalue weighted by molar-refractivity contribution is 9.10. The highest BCUT2D eigenvalue weighted by atomic mass is 79.9. The van der Waals surface area contributed by atoms with Crippen molar-refractivity contribution < 1.29 is 4.52 Å². The molecule has 3 rings (SSSR count). The lowest BCUT2D eigenvalue weighted by molar-refractivity contribution is 0.327. The molecule has 0 atom stereocenters. The van der Waals surface area contributed by atoms with Crippen LogP contribution in [0.25, 0.3) is 0 Å². The van der Waals surface area contributed by atoms with Gasteiger partial charge in [-0.05, 0) is 40.9 Å². The summed E-state index contributed by atoms with van der Waals surface area (Å²) in [6.07, 6.45) is 5.21. The van der Waals surface area contributed by atoms with E-state index >= 15 is 0 Å². The summed E-state index contributed by atoms with van der Waals surface area (Å²) in [6.45, 7) is 0. The molecule has 2 N–H and O–H groups in total. The van der Waals surface area contributed by atoms with E-state index in [0.29, 0.717) is 18.1 Å². The van der Waals surface area contributed by atoms with E-state index in [-0.39, 0.29) is 5.54 Å². The van der Waals surface area contributed by atoms with Crippen LogP contribution < -0.4 is 5.73 Å². The van der Waals surface area contributed by atoms with Crippen molar-refractivity contribution >= 4 is 27.7 Å². The summed E-state index contributed by atoms with van der Waals surface area (Å²) in [5.41, 5.74) is 6.21. The molecule has 1 heterocycles. The minimum Gasteiger partial charge on any atom is -0.339 e. The number of hydrogen-bond donors (Lipinski definition) is 1. The van der Waals surface area contributed by atoms with Crippen molar-refractivity contribution in [2.24, 2.45) is 5.73 Å². The largest absolute Gasteiger partial charge is 0.339 e. The van der Waals surface area contributed by atoms with E-state index in [1.807, 2.05) is 18.2 Å². The molecule has 0 saturated heterocycles. The van der Waals surface area contributed by atoms with Gasteiger partial charge in [-0.15, -0.1) is 11.8 Å². The van der Waals surface area contributed by atoms with Gasteiger partial charge in [0.1, 0.15) is 0 Å². The molecule has 1 saturated carbocycles. The number of halogens is 1. The molecule has 0 radical (unpaired) electrons. The molecular weight excluding hydrogens is 350 g/mol. The molecule has 21 heavy (non-hydrogen) atoms. The van der Waals surface area contributed by atoms with Crippen molar-refractivity contribution in [2.45, 2.75) is 48.3 Å². The number of aromatic nitrogens is 2. The number of hydrogen-bond acceptors (Lipinski definition) is 5. The quantitative estimate of drug-likeness (QED) is 0.810. The van der Waals surface area contributed by atoms with Gasteiger partial charge in [0, 0.05) is 21.3 Å². The Bertz CT molecular complexity index is 610. The minimum atomic E-state index is -0.139. The average molecular weight is 368 g/mol. The molecule has 0 aliphatic heterocycles. The molecular formula is C15H18BrN3OS. The second-order valence-electron chi connectivity index (χ2n) is 5.57. The normalized spacial score (nSPS) is 17.2. The molecule has 0 bridgehead atoms. The van der Waals surface area contributed by atoms with Gasteiger partial charge in [0.2, 0.25) is 5.89 Å². The van der Waals surface area contributed by atoms with E-state index in [1.54, 1.807) is 11.8 Å². The van der Waals surface area contributed by atoms with Crippen LogP contribution in [-0.4, -0.2) is 15.7 Å². The topological polar surface area (TPSA) is 64.9 Å². The second-order valence-corrected chi connectivity index (χ2v) is 7.44. The summed E-state index contributed by atoms with van der Waals surface area (Å²) < 4.78 is 6.43. The zero-order valence-corrected chi connectivity index (χ0v) is 14.1. The molecule has 1 aliphatic rings. The Morgan fingerprint density at radius 3 is 2.81 bits per heavy atom. The van der Waals surface area contributed by atoms with Crippen LogP contribution in [0.5, 0.6) is 0 Å². The molecule has 1 fully saturated rings. The Morgan fingerprint density at radius 2 is 2.05 bits per heavy atom. The summed E-state index contributed by atoms with van der Waals surface area (Å²) in [6, 6.07) is 8.13. The summed E-state index contributed by atoms with van der Waals surface area (Å²) in [7, 11) is 0. The van der Waals surface area contributed by atoms with Gasteiger partial charge < -0.3 is 10.3 Å². The Kier molecular flexibility index (Phi) is 4.66. The van der Waals surface area contributed by atoms with Crippen molar-refractivity contribution in [1.29, 1.82) is 0 Å². The highest BCUT2D eigenvalue weighted by Gasteiger charge is 2.31. The van der Waals surface area contributed by atoms with Gasteiger partial charge in [-0.1, -0.05) is 30.1 Å². The standard InChI is InChI=1S/C15H18BrN3OS/c16-11-5-1-2-6-12(11)21-10-13-18-14(20-19-13)9-15(17)7-3-4-8-15/h1-2,5-6H,3-4,7-10,17H2. The predicted molar refractivity (Wildman–Crippen MR) is 87.1 cm³/mol. The summed E-state index contributed by atoms with van der Waals surface area (Å²) >= 11 is 5.23. The van der Waals surface area contributed by atoms with Gasteiger partial charge in [-0.3, -0.25) is 0 Å². The van der Waals surface area contributed by atoms with Gasteiger partial charge in [0.05, 0.1) is 5.75 Å². The Morgan fingerprint density at radius 1 is 1.29 bits per heavy atom.